The molecule has 0 spiro atoms. The van der Waals surface area contributed by atoms with Gasteiger partial charge in [-0.3, -0.25) is 4.90 Å². The zero-order valence-electron chi connectivity index (χ0n) is 10.9. The maximum atomic E-state index is 13.0. The van der Waals surface area contributed by atoms with Crippen molar-refractivity contribution in [2.24, 2.45) is 0 Å². The molecule has 0 bridgehead atoms. The molecular weight excluding hydrogens is 297 g/mol. The fraction of sp³-hybridized carbons (Fsp3) is 0.333. The van der Waals surface area contributed by atoms with Crippen molar-refractivity contribution in [2.45, 2.75) is 12.6 Å². The van der Waals surface area contributed by atoms with Crippen LogP contribution in [0.4, 0.5) is 4.39 Å². The summed E-state index contributed by atoms with van der Waals surface area (Å²) in [6.07, 6.45) is 0.0137. The second kappa shape index (κ2) is 6.22. The zero-order valence-corrected chi connectivity index (χ0v) is 12.5. The average Bonchev–Trinajstić information content (AvgIpc) is 2.85. The molecule has 5 heteroatoms. The van der Waals surface area contributed by atoms with Gasteiger partial charge in [0.15, 0.2) is 0 Å². The molecule has 1 aromatic carbocycles. The minimum Gasteiger partial charge on any atom is -0.371 e. The molecule has 2 nitrogen and oxygen atoms in total. The Hall–Kier alpha value is -0.940. The van der Waals surface area contributed by atoms with Gasteiger partial charge in [0.2, 0.25) is 0 Å². The maximum Gasteiger partial charge on any atom is 0.123 e. The van der Waals surface area contributed by atoms with Crippen LogP contribution in [-0.2, 0) is 11.3 Å². The van der Waals surface area contributed by atoms with Crippen molar-refractivity contribution in [1.82, 2.24) is 4.90 Å². The Morgan fingerprint density at radius 1 is 1.25 bits per heavy atom. The number of ether oxygens (including phenoxy) is 1. The number of thiophene rings is 1. The summed E-state index contributed by atoms with van der Waals surface area (Å²) in [5, 5.41) is 0. The molecule has 2 aromatic rings. The first-order chi connectivity index (χ1) is 9.70. The lowest BCUT2D eigenvalue weighted by Crippen LogP contribution is -2.37. The second-order valence-electron chi connectivity index (χ2n) is 4.85. The first kappa shape index (κ1) is 14.0. The van der Waals surface area contributed by atoms with Gasteiger partial charge < -0.3 is 4.74 Å². The SMILES string of the molecule is Fc1ccc(C2CN(Cc3ccc(Cl)s3)CCO2)cc1. The van der Waals surface area contributed by atoms with E-state index in [1.54, 1.807) is 23.5 Å². The normalized spacial score (nSPS) is 20.2. The Kier molecular flexibility index (Phi) is 4.36. The van der Waals surface area contributed by atoms with E-state index in [-0.39, 0.29) is 11.9 Å². The fourth-order valence-electron chi connectivity index (χ4n) is 2.38. The highest BCUT2D eigenvalue weighted by molar-refractivity contribution is 7.16. The van der Waals surface area contributed by atoms with E-state index in [0.717, 1.165) is 29.5 Å². The van der Waals surface area contributed by atoms with Gasteiger partial charge in [-0.25, -0.2) is 4.39 Å². The van der Waals surface area contributed by atoms with Crippen molar-refractivity contribution in [3.63, 3.8) is 0 Å². The van der Waals surface area contributed by atoms with Crippen LogP contribution in [0, 0.1) is 5.82 Å². The van der Waals surface area contributed by atoms with E-state index in [4.69, 9.17) is 16.3 Å². The van der Waals surface area contributed by atoms with E-state index in [0.29, 0.717) is 6.61 Å². The number of benzene rings is 1. The molecule has 1 atom stereocenters. The van der Waals surface area contributed by atoms with E-state index in [1.165, 1.54) is 17.0 Å². The summed E-state index contributed by atoms with van der Waals surface area (Å²) in [5.74, 6) is -0.213. The molecule has 1 aromatic heterocycles. The number of morpholine rings is 1. The topological polar surface area (TPSA) is 12.5 Å². The van der Waals surface area contributed by atoms with Crippen LogP contribution in [0.25, 0.3) is 0 Å². The molecule has 0 N–H and O–H groups in total. The number of nitrogens with zero attached hydrogens (tertiary/aromatic N) is 1. The molecule has 1 fully saturated rings. The minimum atomic E-state index is -0.213. The highest BCUT2D eigenvalue weighted by Gasteiger charge is 2.22. The monoisotopic (exact) mass is 311 g/mol. The summed E-state index contributed by atoms with van der Waals surface area (Å²) in [6.45, 7) is 3.31. The number of rotatable bonds is 3. The summed E-state index contributed by atoms with van der Waals surface area (Å²) >= 11 is 7.57. The van der Waals surface area contributed by atoms with E-state index in [9.17, 15) is 4.39 Å². The smallest absolute Gasteiger partial charge is 0.123 e. The third-order valence-electron chi connectivity index (χ3n) is 3.40. The second-order valence-corrected chi connectivity index (χ2v) is 6.65. The standard InChI is InChI=1S/C15H15ClFNOS/c16-15-6-5-13(20-15)9-18-7-8-19-14(10-18)11-1-3-12(17)4-2-11/h1-6,14H,7-10H2. The minimum absolute atomic E-state index is 0.0137. The molecule has 2 heterocycles. The molecule has 1 unspecified atom stereocenters. The van der Waals surface area contributed by atoms with Crippen molar-refractivity contribution in [3.05, 3.63) is 57.0 Å². The third-order valence-corrected chi connectivity index (χ3v) is 4.62. The molecule has 20 heavy (non-hydrogen) atoms. The Bertz CT molecular complexity index is 572. The summed E-state index contributed by atoms with van der Waals surface area (Å²) in [4.78, 5) is 3.61. The molecule has 1 aliphatic rings. The lowest BCUT2D eigenvalue weighted by molar-refractivity contribution is -0.0326. The van der Waals surface area contributed by atoms with Gasteiger partial charge in [0.25, 0.3) is 0 Å². The first-order valence-corrected chi connectivity index (χ1v) is 7.74. The Labute approximate surface area is 126 Å². The van der Waals surface area contributed by atoms with Gasteiger partial charge in [0, 0.05) is 24.5 Å². The molecule has 106 valence electrons. The predicted octanol–water partition coefficient (Wildman–Crippen LogP) is 4.11. The highest BCUT2D eigenvalue weighted by atomic mass is 35.5. The highest BCUT2D eigenvalue weighted by Crippen LogP contribution is 2.26. The summed E-state index contributed by atoms with van der Waals surface area (Å²) in [5.41, 5.74) is 1.03. The van der Waals surface area contributed by atoms with Crippen LogP contribution in [0.1, 0.15) is 16.5 Å². The Morgan fingerprint density at radius 2 is 2.05 bits per heavy atom. The Balaban J connectivity index is 1.65. The fourth-order valence-corrected chi connectivity index (χ4v) is 3.51. The van der Waals surface area contributed by atoms with E-state index in [1.807, 2.05) is 6.07 Å². The van der Waals surface area contributed by atoms with Gasteiger partial charge in [0.05, 0.1) is 17.0 Å². The quantitative estimate of drug-likeness (QED) is 0.845. The molecule has 0 radical (unpaired) electrons. The van der Waals surface area contributed by atoms with Crippen molar-refractivity contribution in [3.8, 4) is 0 Å². The van der Waals surface area contributed by atoms with Crippen LogP contribution in [0.5, 0.6) is 0 Å². The van der Waals surface area contributed by atoms with E-state index in [2.05, 4.69) is 11.0 Å². The first-order valence-electron chi connectivity index (χ1n) is 6.54. The number of halogens is 2. The summed E-state index contributed by atoms with van der Waals surface area (Å²) < 4.78 is 19.6. The number of hydrogen-bond acceptors (Lipinski definition) is 3. The van der Waals surface area contributed by atoms with Crippen molar-refractivity contribution in [2.75, 3.05) is 19.7 Å². The van der Waals surface area contributed by atoms with Crippen LogP contribution in [0.2, 0.25) is 4.34 Å². The van der Waals surface area contributed by atoms with Crippen LogP contribution < -0.4 is 0 Å². The molecule has 0 amide bonds. The largest absolute Gasteiger partial charge is 0.371 e. The molecule has 1 aliphatic heterocycles. The lowest BCUT2D eigenvalue weighted by Gasteiger charge is -2.32. The summed E-state index contributed by atoms with van der Waals surface area (Å²) in [7, 11) is 0. The van der Waals surface area contributed by atoms with Crippen molar-refractivity contribution < 1.29 is 9.13 Å². The molecule has 1 saturated heterocycles. The van der Waals surface area contributed by atoms with Gasteiger partial charge in [0.1, 0.15) is 5.82 Å². The van der Waals surface area contributed by atoms with Crippen LogP contribution in [-0.4, -0.2) is 24.6 Å². The molecule has 0 aliphatic carbocycles. The number of hydrogen-bond donors (Lipinski definition) is 0. The van der Waals surface area contributed by atoms with Gasteiger partial charge in [-0.05, 0) is 29.8 Å². The molecule has 3 rings (SSSR count). The molecule has 0 saturated carbocycles. The van der Waals surface area contributed by atoms with Gasteiger partial charge in [-0.1, -0.05) is 23.7 Å². The third kappa shape index (κ3) is 3.38. The van der Waals surface area contributed by atoms with E-state index < -0.39 is 0 Å². The lowest BCUT2D eigenvalue weighted by atomic mass is 10.1. The maximum absolute atomic E-state index is 13.0. The van der Waals surface area contributed by atoms with Crippen molar-refractivity contribution >= 4 is 22.9 Å². The van der Waals surface area contributed by atoms with Crippen LogP contribution in [0.3, 0.4) is 0 Å². The average molecular weight is 312 g/mol. The van der Waals surface area contributed by atoms with E-state index >= 15 is 0 Å². The predicted molar refractivity (Wildman–Crippen MR) is 79.7 cm³/mol. The van der Waals surface area contributed by atoms with Gasteiger partial charge >= 0.3 is 0 Å². The summed E-state index contributed by atoms with van der Waals surface area (Å²) in [6, 6.07) is 10.6. The Morgan fingerprint density at radius 3 is 2.75 bits per heavy atom. The molecular formula is C15H15ClFNOS. The van der Waals surface area contributed by atoms with Crippen LogP contribution >= 0.6 is 22.9 Å². The zero-order chi connectivity index (χ0) is 13.9. The van der Waals surface area contributed by atoms with Gasteiger partial charge in [-0.15, -0.1) is 11.3 Å². The van der Waals surface area contributed by atoms with Crippen molar-refractivity contribution in [1.29, 1.82) is 0 Å². The van der Waals surface area contributed by atoms with Crippen LogP contribution in [0.15, 0.2) is 36.4 Å². The van der Waals surface area contributed by atoms with Gasteiger partial charge in [-0.2, -0.15) is 0 Å².